The SMILES string of the molecule is O=C(O)c1cc(Cl)ccc1OCc1cc(F)cc(F)c1. The highest BCUT2D eigenvalue weighted by atomic mass is 35.5. The van der Waals surface area contributed by atoms with E-state index in [1.807, 2.05) is 0 Å². The minimum atomic E-state index is -1.20. The van der Waals surface area contributed by atoms with Crippen molar-refractivity contribution in [2.75, 3.05) is 0 Å². The predicted octanol–water partition coefficient (Wildman–Crippen LogP) is 3.90. The molecule has 0 atom stereocenters. The van der Waals surface area contributed by atoms with Crippen LogP contribution >= 0.6 is 11.6 Å². The first-order chi connectivity index (χ1) is 9.45. The number of halogens is 3. The Bertz CT molecular complexity index is 639. The summed E-state index contributed by atoms with van der Waals surface area (Å²) >= 11 is 5.70. The molecule has 0 saturated heterocycles. The monoisotopic (exact) mass is 298 g/mol. The Morgan fingerprint density at radius 2 is 1.80 bits per heavy atom. The molecule has 2 aromatic rings. The largest absolute Gasteiger partial charge is 0.488 e. The minimum Gasteiger partial charge on any atom is -0.488 e. The number of carbonyl (C=O) groups is 1. The Labute approximate surface area is 118 Å². The van der Waals surface area contributed by atoms with Crippen LogP contribution in [0.25, 0.3) is 0 Å². The van der Waals surface area contributed by atoms with Gasteiger partial charge in [0.05, 0.1) is 0 Å². The van der Waals surface area contributed by atoms with Crippen LogP contribution in [0, 0.1) is 11.6 Å². The van der Waals surface area contributed by atoms with Crippen molar-refractivity contribution < 1.29 is 23.4 Å². The second kappa shape index (κ2) is 5.88. The Morgan fingerprint density at radius 1 is 1.15 bits per heavy atom. The molecule has 0 radical (unpaired) electrons. The molecule has 3 nitrogen and oxygen atoms in total. The summed E-state index contributed by atoms with van der Waals surface area (Å²) in [7, 11) is 0. The van der Waals surface area contributed by atoms with Crippen molar-refractivity contribution in [3.63, 3.8) is 0 Å². The number of benzene rings is 2. The van der Waals surface area contributed by atoms with Crippen LogP contribution in [-0.4, -0.2) is 11.1 Å². The Morgan fingerprint density at radius 3 is 2.40 bits per heavy atom. The van der Waals surface area contributed by atoms with Crippen molar-refractivity contribution in [3.05, 3.63) is 64.2 Å². The van der Waals surface area contributed by atoms with Crippen LogP contribution in [0.4, 0.5) is 8.78 Å². The average Bonchev–Trinajstić information content (AvgIpc) is 2.36. The van der Waals surface area contributed by atoms with Crippen LogP contribution in [0.5, 0.6) is 5.75 Å². The zero-order valence-electron chi connectivity index (χ0n) is 10.1. The zero-order valence-corrected chi connectivity index (χ0v) is 10.8. The number of hydrogen-bond donors (Lipinski definition) is 1. The van der Waals surface area contributed by atoms with Gasteiger partial charge in [0.1, 0.15) is 29.6 Å². The van der Waals surface area contributed by atoms with Crippen LogP contribution in [0.3, 0.4) is 0 Å². The fraction of sp³-hybridized carbons (Fsp3) is 0.0714. The third-order valence-electron chi connectivity index (χ3n) is 2.49. The topological polar surface area (TPSA) is 46.5 Å². The quantitative estimate of drug-likeness (QED) is 0.931. The number of rotatable bonds is 4. The summed E-state index contributed by atoms with van der Waals surface area (Å²) in [5.41, 5.74) is 0.142. The summed E-state index contributed by atoms with van der Waals surface area (Å²) in [5.74, 6) is -2.57. The van der Waals surface area contributed by atoms with E-state index in [9.17, 15) is 13.6 Å². The normalized spacial score (nSPS) is 10.3. The van der Waals surface area contributed by atoms with Crippen LogP contribution in [0.1, 0.15) is 15.9 Å². The number of carboxylic acid groups (broad SMARTS) is 1. The van der Waals surface area contributed by atoms with Crippen molar-refractivity contribution in [3.8, 4) is 5.75 Å². The predicted molar refractivity (Wildman–Crippen MR) is 69.1 cm³/mol. The summed E-state index contributed by atoms with van der Waals surface area (Å²) in [6.45, 7) is -0.156. The second-order valence-corrected chi connectivity index (χ2v) is 4.45. The van der Waals surface area contributed by atoms with Crippen molar-refractivity contribution in [2.24, 2.45) is 0 Å². The van der Waals surface area contributed by atoms with E-state index >= 15 is 0 Å². The van der Waals surface area contributed by atoms with Crippen molar-refractivity contribution in [1.82, 2.24) is 0 Å². The molecule has 1 N–H and O–H groups in total. The lowest BCUT2D eigenvalue weighted by atomic mass is 10.2. The molecule has 0 aliphatic heterocycles. The van der Waals surface area contributed by atoms with Crippen LogP contribution < -0.4 is 4.74 Å². The molecule has 0 amide bonds. The van der Waals surface area contributed by atoms with Gasteiger partial charge in [0.2, 0.25) is 0 Å². The molecule has 0 aliphatic rings. The highest BCUT2D eigenvalue weighted by Crippen LogP contribution is 2.24. The first-order valence-electron chi connectivity index (χ1n) is 5.56. The highest BCUT2D eigenvalue weighted by Gasteiger charge is 2.12. The van der Waals surface area contributed by atoms with Gasteiger partial charge in [0, 0.05) is 11.1 Å². The fourth-order valence-electron chi connectivity index (χ4n) is 1.65. The van der Waals surface area contributed by atoms with E-state index in [1.165, 1.54) is 18.2 Å². The van der Waals surface area contributed by atoms with E-state index in [-0.39, 0.29) is 28.5 Å². The summed E-state index contributed by atoms with van der Waals surface area (Å²) in [6.07, 6.45) is 0. The molecule has 2 rings (SSSR count). The summed E-state index contributed by atoms with van der Waals surface area (Å²) in [6, 6.07) is 7.07. The van der Waals surface area contributed by atoms with Crippen LogP contribution in [0.2, 0.25) is 5.02 Å². The van der Waals surface area contributed by atoms with E-state index in [1.54, 1.807) is 0 Å². The number of hydrogen-bond acceptors (Lipinski definition) is 2. The van der Waals surface area contributed by atoms with E-state index in [2.05, 4.69) is 0 Å². The number of aromatic carboxylic acids is 1. The lowest BCUT2D eigenvalue weighted by Crippen LogP contribution is -2.04. The molecular weight excluding hydrogens is 290 g/mol. The molecule has 6 heteroatoms. The molecule has 0 aliphatic carbocycles. The molecule has 0 fully saturated rings. The van der Waals surface area contributed by atoms with Gasteiger partial charge >= 0.3 is 5.97 Å². The Hall–Kier alpha value is -2.14. The molecule has 2 aromatic carbocycles. The van der Waals surface area contributed by atoms with Gasteiger partial charge in [-0.3, -0.25) is 0 Å². The number of carboxylic acids is 1. The van der Waals surface area contributed by atoms with Gasteiger partial charge in [0.15, 0.2) is 0 Å². The molecule has 0 aromatic heterocycles. The van der Waals surface area contributed by atoms with Gasteiger partial charge in [-0.1, -0.05) is 11.6 Å². The van der Waals surface area contributed by atoms with Gasteiger partial charge in [-0.25, -0.2) is 13.6 Å². The lowest BCUT2D eigenvalue weighted by Gasteiger charge is -2.09. The molecule has 0 unspecified atom stereocenters. The molecule has 0 saturated carbocycles. The standard InChI is InChI=1S/C14H9ClF2O3/c15-9-1-2-13(12(5-9)14(18)19)20-7-8-3-10(16)6-11(17)4-8/h1-6H,7H2,(H,18,19). The van der Waals surface area contributed by atoms with Gasteiger partial charge in [0.25, 0.3) is 0 Å². The molecule has 0 heterocycles. The number of ether oxygens (including phenoxy) is 1. The smallest absolute Gasteiger partial charge is 0.339 e. The van der Waals surface area contributed by atoms with E-state index in [0.717, 1.165) is 18.2 Å². The lowest BCUT2D eigenvalue weighted by molar-refractivity contribution is 0.0691. The summed E-state index contributed by atoms with van der Waals surface area (Å²) < 4.78 is 31.3. The van der Waals surface area contributed by atoms with Crippen molar-refractivity contribution in [1.29, 1.82) is 0 Å². The Kier molecular flexibility index (Phi) is 4.20. The maximum absolute atomic E-state index is 13.0. The average molecular weight is 299 g/mol. The van der Waals surface area contributed by atoms with Gasteiger partial charge in [-0.15, -0.1) is 0 Å². The van der Waals surface area contributed by atoms with Gasteiger partial charge in [-0.05, 0) is 35.9 Å². The Balaban J connectivity index is 2.20. The maximum atomic E-state index is 13.0. The second-order valence-electron chi connectivity index (χ2n) is 4.01. The van der Waals surface area contributed by atoms with E-state index in [0.29, 0.717) is 0 Å². The first kappa shape index (κ1) is 14.3. The van der Waals surface area contributed by atoms with Crippen LogP contribution in [-0.2, 0) is 6.61 Å². The van der Waals surface area contributed by atoms with E-state index < -0.39 is 17.6 Å². The fourth-order valence-corrected chi connectivity index (χ4v) is 1.82. The van der Waals surface area contributed by atoms with Gasteiger partial charge < -0.3 is 9.84 Å². The third kappa shape index (κ3) is 3.45. The van der Waals surface area contributed by atoms with Crippen molar-refractivity contribution >= 4 is 17.6 Å². The summed E-state index contributed by atoms with van der Waals surface area (Å²) in [4.78, 5) is 11.0. The maximum Gasteiger partial charge on any atom is 0.339 e. The van der Waals surface area contributed by atoms with Crippen LogP contribution in [0.15, 0.2) is 36.4 Å². The molecule has 104 valence electrons. The first-order valence-corrected chi connectivity index (χ1v) is 5.94. The summed E-state index contributed by atoms with van der Waals surface area (Å²) in [5, 5.41) is 9.27. The van der Waals surface area contributed by atoms with Crippen molar-refractivity contribution in [2.45, 2.75) is 6.61 Å². The molecule has 20 heavy (non-hydrogen) atoms. The molecular formula is C14H9ClF2O3. The zero-order chi connectivity index (χ0) is 14.7. The van der Waals surface area contributed by atoms with E-state index in [4.69, 9.17) is 21.4 Å². The highest BCUT2D eigenvalue weighted by molar-refractivity contribution is 6.31. The third-order valence-corrected chi connectivity index (χ3v) is 2.72. The molecule has 0 spiro atoms. The minimum absolute atomic E-state index is 0.0755. The molecule has 0 bridgehead atoms. The van der Waals surface area contributed by atoms with Gasteiger partial charge in [-0.2, -0.15) is 0 Å².